The minimum atomic E-state index is -0.654. The number of ketones is 1. The van der Waals surface area contributed by atoms with E-state index in [-0.39, 0.29) is 42.3 Å². The second-order valence-corrected chi connectivity index (χ2v) is 10.1. The number of rotatable bonds is 11. The molecule has 2 aromatic carbocycles. The van der Waals surface area contributed by atoms with Crippen molar-refractivity contribution in [2.24, 2.45) is 0 Å². The maximum atomic E-state index is 13.3. The van der Waals surface area contributed by atoms with Gasteiger partial charge in [-0.3, -0.25) is 4.79 Å². The zero-order chi connectivity index (χ0) is 28.5. The first-order valence-corrected chi connectivity index (χ1v) is 13.5. The van der Waals surface area contributed by atoms with Gasteiger partial charge in [0.2, 0.25) is 0 Å². The number of benzene rings is 2. The van der Waals surface area contributed by atoms with Gasteiger partial charge in [-0.25, -0.2) is 9.59 Å². The highest BCUT2D eigenvalue weighted by atomic mass is 35.5. The summed E-state index contributed by atoms with van der Waals surface area (Å²) in [6.45, 7) is 5.40. The summed E-state index contributed by atoms with van der Waals surface area (Å²) in [5.41, 5.74) is 1.58. The molecule has 0 fully saturated rings. The van der Waals surface area contributed by atoms with Crippen molar-refractivity contribution < 1.29 is 28.6 Å². The van der Waals surface area contributed by atoms with Crippen molar-refractivity contribution in [1.82, 2.24) is 0 Å². The van der Waals surface area contributed by atoms with Gasteiger partial charge < -0.3 is 14.2 Å². The first-order chi connectivity index (χ1) is 18.7. The fourth-order valence-corrected chi connectivity index (χ4v) is 5.26. The third-order valence-electron chi connectivity index (χ3n) is 5.46. The Morgan fingerprint density at radius 1 is 1.00 bits per heavy atom. The van der Waals surface area contributed by atoms with Crippen molar-refractivity contribution in [2.75, 3.05) is 13.2 Å². The van der Waals surface area contributed by atoms with Crippen LogP contribution in [-0.4, -0.2) is 30.9 Å². The molecule has 3 aromatic rings. The highest BCUT2D eigenvalue weighted by Crippen LogP contribution is 2.32. The molecular weight excluding hydrogens is 561 g/mol. The van der Waals surface area contributed by atoms with Crippen molar-refractivity contribution in [3.8, 4) is 11.8 Å². The van der Waals surface area contributed by atoms with Crippen molar-refractivity contribution in [3.05, 3.63) is 90.1 Å². The predicted molar refractivity (Wildman–Crippen MR) is 151 cm³/mol. The molecule has 3 rings (SSSR count). The average molecular weight is 586 g/mol. The predicted octanol–water partition coefficient (Wildman–Crippen LogP) is 7.01. The number of allylic oxidation sites excluding steroid dienone is 1. The molecule has 0 spiro atoms. The number of carbonyl (C=O) groups is 3. The smallest absolute Gasteiger partial charge is 0.348 e. The highest BCUT2D eigenvalue weighted by molar-refractivity contribution is 7.14. The summed E-state index contributed by atoms with van der Waals surface area (Å²) in [6.07, 6.45) is 1.09. The molecule has 202 valence electrons. The molecule has 10 heteroatoms. The lowest BCUT2D eigenvalue weighted by Gasteiger charge is -2.11. The van der Waals surface area contributed by atoms with E-state index in [1.165, 1.54) is 6.08 Å². The maximum absolute atomic E-state index is 13.3. The second-order valence-electron chi connectivity index (χ2n) is 8.17. The van der Waals surface area contributed by atoms with Gasteiger partial charge in [-0.15, -0.1) is 11.3 Å². The Hall–Kier alpha value is -3.64. The molecular formula is C29H25Cl2NO6S. The lowest BCUT2D eigenvalue weighted by atomic mass is 10.0. The summed E-state index contributed by atoms with van der Waals surface area (Å²) in [6, 6.07) is 14.0. The first-order valence-electron chi connectivity index (χ1n) is 12.0. The fraction of sp³-hybridized carbons (Fsp3) is 0.241. The van der Waals surface area contributed by atoms with E-state index in [4.69, 9.17) is 37.4 Å². The van der Waals surface area contributed by atoms with E-state index in [1.807, 2.05) is 12.1 Å². The van der Waals surface area contributed by atoms with Crippen LogP contribution in [0.4, 0.5) is 0 Å². The molecule has 39 heavy (non-hydrogen) atoms. The fourth-order valence-electron chi connectivity index (χ4n) is 3.68. The number of hydrogen-bond donors (Lipinski definition) is 0. The largest absolute Gasteiger partial charge is 0.488 e. The molecule has 0 N–H and O–H groups in total. The zero-order valence-electron chi connectivity index (χ0n) is 21.5. The molecule has 0 radical (unpaired) electrons. The van der Waals surface area contributed by atoms with Crippen LogP contribution in [0.1, 0.15) is 55.4 Å². The molecule has 0 aliphatic heterocycles. The van der Waals surface area contributed by atoms with Gasteiger partial charge in [-0.05, 0) is 68.3 Å². The number of thiophene rings is 1. The first kappa shape index (κ1) is 29.9. The molecule has 0 saturated carbocycles. The molecule has 1 aromatic heterocycles. The van der Waals surface area contributed by atoms with Crippen LogP contribution < -0.4 is 4.74 Å². The van der Waals surface area contributed by atoms with Crippen LogP contribution in [-0.2, 0) is 27.3 Å². The SMILES string of the molecule is CCOC(=O)c1sc(CC(=O)/C(C#N)=C/c2cc(Cl)ccc2OCc2cccc(Cl)c2)c(C(=O)OCC)c1C. The van der Waals surface area contributed by atoms with E-state index in [0.717, 1.165) is 16.9 Å². The van der Waals surface area contributed by atoms with Gasteiger partial charge in [0.05, 0.1) is 24.4 Å². The summed E-state index contributed by atoms with van der Waals surface area (Å²) in [5, 5.41) is 10.8. The van der Waals surface area contributed by atoms with Crippen molar-refractivity contribution in [3.63, 3.8) is 0 Å². The van der Waals surface area contributed by atoms with Crippen LogP contribution >= 0.6 is 34.5 Å². The summed E-state index contributed by atoms with van der Waals surface area (Å²) >= 11 is 13.2. The van der Waals surface area contributed by atoms with Crippen LogP contribution in [0.3, 0.4) is 0 Å². The van der Waals surface area contributed by atoms with Gasteiger partial charge in [-0.1, -0.05) is 35.3 Å². The standard InChI is InChI=1S/C29H25Cl2NO6S/c1-4-36-28(34)26-17(3)27(29(35)37-5-2)39-25(26)14-23(33)20(15-32)12-19-13-22(31)9-10-24(19)38-16-18-7-6-8-21(30)11-18/h6-13H,4-5,14,16H2,1-3H3/b20-12+. The minimum Gasteiger partial charge on any atom is -0.488 e. The Morgan fingerprint density at radius 3 is 2.36 bits per heavy atom. The number of nitrogens with zero attached hydrogens (tertiary/aromatic N) is 1. The summed E-state index contributed by atoms with van der Waals surface area (Å²) in [5.74, 6) is -1.40. The number of carbonyl (C=O) groups excluding carboxylic acids is 3. The number of ether oxygens (including phenoxy) is 3. The molecule has 0 unspecified atom stereocenters. The van der Waals surface area contributed by atoms with E-state index >= 15 is 0 Å². The van der Waals surface area contributed by atoms with Crippen LogP contribution in [0.5, 0.6) is 5.75 Å². The minimum absolute atomic E-state index is 0.117. The van der Waals surface area contributed by atoms with E-state index in [2.05, 4.69) is 0 Å². The van der Waals surface area contributed by atoms with E-state index < -0.39 is 17.7 Å². The lowest BCUT2D eigenvalue weighted by Crippen LogP contribution is -2.12. The quantitative estimate of drug-likeness (QED) is 0.135. The van der Waals surface area contributed by atoms with Crippen molar-refractivity contribution in [1.29, 1.82) is 5.26 Å². The molecule has 0 amide bonds. The van der Waals surface area contributed by atoms with E-state index in [1.54, 1.807) is 57.2 Å². The van der Waals surface area contributed by atoms with Crippen LogP contribution in [0.2, 0.25) is 10.0 Å². The van der Waals surface area contributed by atoms with E-state index in [9.17, 15) is 19.6 Å². The molecule has 0 aliphatic carbocycles. The summed E-state index contributed by atoms with van der Waals surface area (Å²) < 4.78 is 16.2. The Labute approximate surface area is 240 Å². The Morgan fingerprint density at radius 2 is 1.69 bits per heavy atom. The Balaban J connectivity index is 1.93. The van der Waals surface area contributed by atoms with Crippen molar-refractivity contribution in [2.45, 2.75) is 33.8 Å². The molecule has 7 nitrogen and oxygen atoms in total. The van der Waals surface area contributed by atoms with Gasteiger partial charge >= 0.3 is 11.9 Å². The molecule has 0 aliphatic rings. The summed E-state index contributed by atoms with van der Waals surface area (Å²) in [7, 11) is 0. The van der Waals surface area contributed by atoms with Crippen LogP contribution in [0, 0.1) is 18.3 Å². The zero-order valence-corrected chi connectivity index (χ0v) is 23.8. The van der Waals surface area contributed by atoms with Crippen LogP contribution in [0.25, 0.3) is 6.08 Å². The third kappa shape index (κ3) is 7.70. The van der Waals surface area contributed by atoms with Gasteiger partial charge in [0.15, 0.2) is 5.78 Å². The number of esters is 2. The monoisotopic (exact) mass is 585 g/mol. The number of hydrogen-bond acceptors (Lipinski definition) is 8. The average Bonchev–Trinajstić information content (AvgIpc) is 3.22. The number of halogens is 2. The highest BCUT2D eigenvalue weighted by Gasteiger charge is 2.28. The topological polar surface area (TPSA) is 103 Å². The normalized spacial score (nSPS) is 11.0. The van der Waals surface area contributed by atoms with Gasteiger partial charge in [0.25, 0.3) is 0 Å². The maximum Gasteiger partial charge on any atom is 0.348 e. The van der Waals surface area contributed by atoms with Gasteiger partial charge in [0, 0.05) is 26.9 Å². The van der Waals surface area contributed by atoms with Crippen LogP contribution in [0.15, 0.2) is 48.0 Å². The number of nitriles is 1. The summed E-state index contributed by atoms with van der Waals surface area (Å²) in [4.78, 5) is 38.9. The van der Waals surface area contributed by atoms with E-state index in [0.29, 0.717) is 31.8 Å². The van der Waals surface area contributed by atoms with Crippen molar-refractivity contribution >= 4 is 58.3 Å². The van der Waals surface area contributed by atoms with Gasteiger partial charge in [-0.2, -0.15) is 5.26 Å². The number of Topliss-reactive ketones (excluding diaryl/α,β-unsaturated/α-hetero) is 1. The third-order valence-corrected chi connectivity index (χ3v) is 7.20. The molecule has 0 bridgehead atoms. The van der Waals surface area contributed by atoms with Gasteiger partial charge in [0.1, 0.15) is 23.3 Å². The molecule has 1 heterocycles. The lowest BCUT2D eigenvalue weighted by molar-refractivity contribution is -0.114. The Kier molecular flexibility index (Phi) is 10.7. The molecule has 0 saturated heterocycles. The Bertz CT molecular complexity index is 1470. The second kappa shape index (κ2) is 13.9. The molecule has 0 atom stereocenters.